The number of hydrogen-bond acceptors (Lipinski definition) is 1. The van der Waals surface area contributed by atoms with Gasteiger partial charge in [-0.25, -0.2) is 0 Å². The molecule has 0 heterocycles. The SMILES string of the molecule is CC(C)N([NH-])C(C)C.[Li+]. The minimum absolute atomic E-state index is 0. The predicted octanol–water partition coefficient (Wildman–Crippen LogP) is -0.924. The standard InChI is InChI=1S/C6H15N2.Li/c1-5(2)8(7)6(3)4;/h5-7H,1-4H3;/q-1;+1. The smallest absolute Gasteiger partial charge is 0.609 e. The van der Waals surface area contributed by atoms with E-state index in [-0.39, 0.29) is 18.9 Å². The van der Waals surface area contributed by atoms with E-state index in [1.54, 1.807) is 5.01 Å². The van der Waals surface area contributed by atoms with Crippen LogP contribution in [0.3, 0.4) is 0 Å². The summed E-state index contributed by atoms with van der Waals surface area (Å²) in [5.74, 6) is 7.31. The summed E-state index contributed by atoms with van der Waals surface area (Å²) in [5, 5.41) is 1.58. The first-order valence-corrected chi connectivity index (χ1v) is 3.05. The molecule has 0 rings (SSSR count). The van der Waals surface area contributed by atoms with Crippen LogP contribution in [-0.2, 0) is 0 Å². The number of nitrogens with zero attached hydrogens (tertiary/aromatic N) is 1. The van der Waals surface area contributed by atoms with Crippen LogP contribution in [0, 0.1) is 0 Å². The molecule has 0 saturated carbocycles. The Labute approximate surface area is 69.9 Å². The van der Waals surface area contributed by atoms with Gasteiger partial charge in [-0.05, 0) is 12.1 Å². The normalized spacial score (nSPS) is 10.7. The van der Waals surface area contributed by atoms with Gasteiger partial charge in [-0.1, -0.05) is 27.7 Å². The Hall–Kier alpha value is 0.517. The van der Waals surface area contributed by atoms with Gasteiger partial charge in [0.15, 0.2) is 0 Å². The average molecular weight is 122 g/mol. The minimum atomic E-state index is 0. The van der Waals surface area contributed by atoms with E-state index in [1.165, 1.54) is 0 Å². The van der Waals surface area contributed by atoms with Crippen molar-refractivity contribution in [3.8, 4) is 0 Å². The van der Waals surface area contributed by atoms with Crippen molar-refractivity contribution in [2.45, 2.75) is 39.8 Å². The van der Waals surface area contributed by atoms with Crippen LogP contribution in [0.4, 0.5) is 0 Å². The van der Waals surface area contributed by atoms with Gasteiger partial charge in [-0.2, -0.15) is 0 Å². The molecule has 0 amide bonds. The van der Waals surface area contributed by atoms with Crippen LogP contribution in [0.25, 0.3) is 5.84 Å². The maximum atomic E-state index is 7.31. The Morgan fingerprint density at radius 2 is 1.22 bits per heavy atom. The first-order valence-electron chi connectivity index (χ1n) is 3.05. The van der Waals surface area contributed by atoms with Crippen molar-refractivity contribution in [3.63, 3.8) is 0 Å². The third-order valence-electron chi connectivity index (χ3n) is 1.11. The molecule has 0 saturated heterocycles. The molecule has 50 valence electrons. The summed E-state index contributed by atoms with van der Waals surface area (Å²) in [6.07, 6.45) is 0. The average Bonchev–Trinajstić information content (AvgIpc) is 1.64. The monoisotopic (exact) mass is 122 g/mol. The maximum Gasteiger partial charge on any atom is 1.00 e. The van der Waals surface area contributed by atoms with Crippen molar-refractivity contribution in [2.24, 2.45) is 0 Å². The Balaban J connectivity index is 0. The summed E-state index contributed by atoms with van der Waals surface area (Å²) in [6.45, 7) is 8.08. The van der Waals surface area contributed by atoms with E-state index >= 15 is 0 Å². The van der Waals surface area contributed by atoms with Gasteiger partial charge >= 0.3 is 18.9 Å². The van der Waals surface area contributed by atoms with Crippen molar-refractivity contribution in [1.29, 1.82) is 0 Å². The molecule has 0 radical (unpaired) electrons. The summed E-state index contributed by atoms with van der Waals surface area (Å²) in [5.41, 5.74) is 0. The van der Waals surface area contributed by atoms with Crippen LogP contribution in [0.2, 0.25) is 0 Å². The minimum Gasteiger partial charge on any atom is -0.609 e. The Morgan fingerprint density at radius 3 is 1.22 bits per heavy atom. The van der Waals surface area contributed by atoms with E-state index in [4.69, 9.17) is 5.84 Å². The van der Waals surface area contributed by atoms with Crippen molar-refractivity contribution < 1.29 is 18.9 Å². The molecule has 0 aliphatic carbocycles. The molecule has 2 nitrogen and oxygen atoms in total. The largest absolute Gasteiger partial charge is 1.00 e. The van der Waals surface area contributed by atoms with Crippen LogP contribution in [0.15, 0.2) is 0 Å². The second-order valence-electron chi connectivity index (χ2n) is 2.59. The first kappa shape index (κ1) is 12.2. The Kier molecular flexibility index (Phi) is 7.21. The maximum absolute atomic E-state index is 7.31. The Morgan fingerprint density at radius 1 is 1.00 bits per heavy atom. The summed E-state index contributed by atoms with van der Waals surface area (Å²) in [4.78, 5) is 0. The summed E-state index contributed by atoms with van der Waals surface area (Å²) in [6, 6.07) is 0.685. The van der Waals surface area contributed by atoms with E-state index in [0.29, 0.717) is 12.1 Å². The zero-order chi connectivity index (χ0) is 6.73. The van der Waals surface area contributed by atoms with Crippen molar-refractivity contribution in [3.05, 3.63) is 5.84 Å². The van der Waals surface area contributed by atoms with E-state index in [2.05, 4.69) is 0 Å². The molecule has 3 heteroatoms. The quantitative estimate of drug-likeness (QED) is 0.343. The fraction of sp³-hybridized carbons (Fsp3) is 1.00. The number of hydrogen-bond donors (Lipinski definition) is 0. The molecule has 0 aliphatic rings. The molecule has 9 heavy (non-hydrogen) atoms. The fourth-order valence-corrected chi connectivity index (χ4v) is 0.596. The van der Waals surface area contributed by atoms with E-state index in [9.17, 15) is 0 Å². The molecule has 0 spiro atoms. The molecule has 0 aromatic rings. The van der Waals surface area contributed by atoms with Crippen LogP contribution >= 0.6 is 0 Å². The summed E-state index contributed by atoms with van der Waals surface area (Å²) < 4.78 is 0. The topological polar surface area (TPSA) is 27.0 Å². The van der Waals surface area contributed by atoms with Crippen molar-refractivity contribution >= 4 is 0 Å². The van der Waals surface area contributed by atoms with Crippen LogP contribution < -0.4 is 18.9 Å². The molecule has 0 bridgehead atoms. The van der Waals surface area contributed by atoms with Crippen LogP contribution in [0.5, 0.6) is 0 Å². The zero-order valence-corrected chi connectivity index (χ0v) is 7.10. The van der Waals surface area contributed by atoms with Crippen LogP contribution in [-0.4, -0.2) is 17.1 Å². The number of nitrogens with one attached hydrogen (secondary N) is 1. The van der Waals surface area contributed by atoms with Crippen molar-refractivity contribution in [2.75, 3.05) is 0 Å². The molecular weight excluding hydrogens is 107 g/mol. The molecule has 0 atom stereocenters. The van der Waals surface area contributed by atoms with Gasteiger partial charge in [-0.15, -0.1) is 0 Å². The van der Waals surface area contributed by atoms with Gasteiger partial charge in [0.2, 0.25) is 0 Å². The molecular formula is C6H15LiN2. The Bertz CT molecular complexity index is 56.1. The van der Waals surface area contributed by atoms with Gasteiger partial charge < -0.3 is 10.9 Å². The van der Waals surface area contributed by atoms with Gasteiger partial charge in [0.1, 0.15) is 0 Å². The van der Waals surface area contributed by atoms with Gasteiger partial charge in [0.05, 0.1) is 0 Å². The molecule has 0 aromatic heterocycles. The van der Waals surface area contributed by atoms with E-state index in [1.807, 2.05) is 27.7 Å². The molecule has 0 unspecified atom stereocenters. The van der Waals surface area contributed by atoms with Crippen LogP contribution in [0.1, 0.15) is 27.7 Å². The summed E-state index contributed by atoms with van der Waals surface area (Å²) in [7, 11) is 0. The third-order valence-corrected chi connectivity index (χ3v) is 1.11. The van der Waals surface area contributed by atoms with Crippen molar-refractivity contribution in [1.82, 2.24) is 5.01 Å². The second-order valence-corrected chi connectivity index (χ2v) is 2.59. The van der Waals surface area contributed by atoms with E-state index in [0.717, 1.165) is 0 Å². The van der Waals surface area contributed by atoms with Gasteiger partial charge in [0.25, 0.3) is 0 Å². The summed E-state index contributed by atoms with van der Waals surface area (Å²) >= 11 is 0. The third kappa shape index (κ3) is 4.99. The number of rotatable bonds is 2. The second kappa shape index (κ2) is 5.31. The van der Waals surface area contributed by atoms with E-state index < -0.39 is 0 Å². The van der Waals surface area contributed by atoms with Gasteiger partial charge in [-0.3, -0.25) is 0 Å². The fourth-order valence-electron chi connectivity index (χ4n) is 0.596. The molecule has 0 aromatic carbocycles. The first-order chi connectivity index (χ1) is 3.55. The molecule has 0 fully saturated rings. The molecule has 1 N–H and O–H groups in total. The predicted molar refractivity (Wildman–Crippen MR) is 36.4 cm³/mol. The zero-order valence-electron chi connectivity index (χ0n) is 7.10. The van der Waals surface area contributed by atoms with Gasteiger partial charge in [0, 0.05) is 0 Å². The molecule has 0 aliphatic heterocycles.